The molecule has 0 aliphatic rings. The van der Waals surface area contributed by atoms with E-state index in [0.717, 1.165) is 0 Å². The van der Waals surface area contributed by atoms with Crippen LogP contribution in [0.4, 0.5) is 0 Å². The van der Waals surface area contributed by atoms with Crippen LogP contribution in [-0.4, -0.2) is 32.4 Å². The number of hydrogen-bond acceptors (Lipinski definition) is 4. The fourth-order valence-electron chi connectivity index (χ4n) is 1.23. The van der Waals surface area contributed by atoms with Crippen molar-refractivity contribution in [2.24, 2.45) is 12.2 Å². The predicted molar refractivity (Wildman–Crippen MR) is 52.8 cm³/mol. The molecule has 7 nitrogen and oxygen atoms in total. The number of aryl methyl sites for hydroxylation is 1. The Morgan fingerprint density at radius 3 is 2.93 bits per heavy atom. The smallest absolute Gasteiger partial charge is 0.140 e. The first-order valence-electron chi connectivity index (χ1n) is 4.51. The summed E-state index contributed by atoms with van der Waals surface area (Å²) in [6.45, 7) is 0.152. The highest BCUT2D eigenvalue weighted by Gasteiger charge is 2.21. The largest absolute Gasteiger partial charge is 0.390 e. The molecule has 2 unspecified atom stereocenters. The van der Waals surface area contributed by atoms with Crippen LogP contribution < -0.4 is 0 Å². The number of aliphatic hydroxyl groups is 2. The molecule has 0 amide bonds. The van der Waals surface area contributed by atoms with Crippen molar-refractivity contribution >= 4 is 0 Å². The Morgan fingerprint density at radius 1 is 1.67 bits per heavy atom. The molecule has 2 N–H and O–H groups in total. The van der Waals surface area contributed by atoms with Crippen LogP contribution in [0.5, 0.6) is 0 Å². The van der Waals surface area contributed by atoms with Crippen molar-refractivity contribution in [2.45, 2.75) is 18.6 Å². The monoisotopic (exact) mass is 211 g/mol. The van der Waals surface area contributed by atoms with E-state index >= 15 is 0 Å². The molecule has 15 heavy (non-hydrogen) atoms. The van der Waals surface area contributed by atoms with E-state index in [1.165, 1.54) is 0 Å². The molecule has 1 heterocycles. The van der Waals surface area contributed by atoms with Crippen molar-refractivity contribution in [2.75, 3.05) is 6.54 Å². The van der Waals surface area contributed by atoms with Crippen LogP contribution in [0.2, 0.25) is 0 Å². The van der Waals surface area contributed by atoms with E-state index in [9.17, 15) is 10.2 Å². The molecule has 0 spiro atoms. The molecule has 0 aliphatic carbocycles. The quantitative estimate of drug-likeness (QED) is 0.421. The summed E-state index contributed by atoms with van der Waals surface area (Å²) >= 11 is 0. The van der Waals surface area contributed by atoms with Gasteiger partial charge in [0.2, 0.25) is 0 Å². The summed E-state index contributed by atoms with van der Waals surface area (Å²) in [6, 6.07) is 0. The van der Waals surface area contributed by atoms with Crippen molar-refractivity contribution in [1.82, 2.24) is 9.55 Å². The molecule has 0 saturated heterocycles. The second kappa shape index (κ2) is 5.35. The number of aliphatic hydroxyl groups excluding tert-OH is 2. The van der Waals surface area contributed by atoms with E-state index in [0.29, 0.717) is 5.82 Å². The van der Waals surface area contributed by atoms with Gasteiger partial charge in [0.25, 0.3) is 0 Å². The van der Waals surface area contributed by atoms with Crippen LogP contribution in [0.3, 0.4) is 0 Å². The number of nitrogens with zero attached hydrogens (tertiary/aromatic N) is 5. The highest BCUT2D eigenvalue weighted by atomic mass is 16.3. The van der Waals surface area contributed by atoms with Gasteiger partial charge in [0.1, 0.15) is 11.9 Å². The Balaban J connectivity index is 2.56. The van der Waals surface area contributed by atoms with Gasteiger partial charge in [-0.1, -0.05) is 5.11 Å². The fraction of sp³-hybridized carbons (Fsp3) is 0.625. The summed E-state index contributed by atoms with van der Waals surface area (Å²) in [4.78, 5) is 6.47. The van der Waals surface area contributed by atoms with E-state index in [2.05, 4.69) is 15.0 Å². The van der Waals surface area contributed by atoms with E-state index in [4.69, 9.17) is 5.53 Å². The van der Waals surface area contributed by atoms with Gasteiger partial charge >= 0.3 is 0 Å². The van der Waals surface area contributed by atoms with Gasteiger partial charge in [0.15, 0.2) is 0 Å². The maximum Gasteiger partial charge on any atom is 0.140 e. The van der Waals surface area contributed by atoms with Crippen LogP contribution in [-0.2, 0) is 7.05 Å². The van der Waals surface area contributed by atoms with E-state index < -0.39 is 12.2 Å². The Bertz CT molecular complexity index is 358. The summed E-state index contributed by atoms with van der Waals surface area (Å²) in [7, 11) is 1.73. The van der Waals surface area contributed by atoms with Gasteiger partial charge in [-0.3, -0.25) is 0 Å². The SMILES string of the molecule is Cn1ccnc1C(O)C(O)CCN=[N+]=[N-]. The summed E-state index contributed by atoms with van der Waals surface area (Å²) in [5.74, 6) is 0.392. The summed E-state index contributed by atoms with van der Waals surface area (Å²) in [5, 5.41) is 22.5. The minimum Gasteiger partial charge on any atom is -0.390 e. The average molecular weight is 211 g/mol. The number of imidazole rings is 1. The van der Waals surface area contributed by atoms with Gasteiger partial charge in [-0.15, -0.1) is 0 Å². The van der Waals surface area contributed by atoms with Gasteiger partial charge in [-0.25, -0.2) is 4.98 Å². The Hall–Kier alpha value is -1.56. The molecule has 1 aromatic heterocycles. The third-order valence-corrected chi connectivity index (χ3v) is 2.08. The molecule has 0 fully saturated rings. The molecule has 1 rings (SSSR count). The molecule has 7 heteroatoms. The van der Waals surface area contributed by atoms with Gasteiger partial charge in [0, 0.05) is 30.9 Å². The van der Waals surface area contributed by atoms with Crippen LogP contribution in [0.25, 0.3) is 10.4 Å². The lowest BCUT2D eigenvalue weighted by atomic mass is 10.1. The summed E-state index contributed by atoms with van der Waals surface area (Å²) in [5.41, 5.74) is 8.04. The predicted octanol–water partition coefficient (Wildman–Crippen LogP) is 0.515. The van der Waals surface area contributed by atoms with E-state index in [-0.39, 0.29) is 13.0 Å². The van der Waals surface area contributed by atoms with Crippen LogP contribution in [0, 0.1) is 0 Å². The third-order valence-electron chi connectivity index (χ3n) is 2.08. The Labute approximate surface area is 86.6 Å². The fourth-order valence-corrected chi connectivity index (χ4v) is 1.23. The molecule has 0 saturated carbocycles. The zero-order valence-electron chi connectivity index (χ0n) is 8.35. The summed E-state index contributed by atoms with van der Waals surface area (Å²) < 4.78 is 1.63. The highest BCUT2D eigenvalue weighted by molar-refractivity contribution is 4.97. The molecule has 2 atom stereocenters. The summed E-state index contributed by atoms with van der Waals surface area (Å²) in [6.07, 6.45) is 1.39. The van der Waals surface area contributed by atoms with Gasteiger partial charge in [0.05, 0.1) is 6.10 Å². The third kappa shape index (κ3) is 2.95. The second-order valence-corrected chi connectivity index (χ2v) is 3.15. The second-order valence-electron chi connectivity index (χ2n) is 3.15. The Morgan fingerprint density at radius 2 is 2.40 bits per heavy atom. The lowest BCUT2D eigenvalue weighted by Crippen LogP contribution is -2.21. The van der Waals surface area contributed by atoms with Crippen LogP contribution in [0.15, 0.2) is 17.5 Å². The minimum atomic E-state index is -1.06. The normalized spacial score (nSPS) is 14.3. The first-order chi connectivity index (χ1) is 7.16. The van der Waals surface area contributed by atoms with Gasteiger partial charge in [-0.2, -0.15) is 0 Å². The maximum atomic E-state index is 9.69. The minimum absolute atomic E-state index is 0.152. The van der Waals surface area contributed by atoms with Crippen molar-refractivity contribution < 1.29 is 10.2 Å². The Kier molecular flexibility index (Phi) is 4.11. The van der Waals surface area contributed by atoms with E-state index in [1.807, 2.05) is 0 Å². The van der Waals surface area contributed by atoms with Crippen molar-refractivity contribution in [3.05, 3.63) is 28.7 Å². The molecule has 0 aliphatic heterocycles. The lowest BCUT2D eigenvalue weighted by Gasteiger charge is -2.16. The van der Waals surface area contributed by atoms with Crippen molar-refractivity contribution in [1.29, 1.82) is 0 Å². The van der Waals surface area contributed by atoms with Crippen molar-refractivity contribution in [3.63, 3.8) is 0 Å². The zero-order valence-corrected chi connectivity index (χ0v) is 8.35. The van der Waals surface area contributed by atoms with Crippen LogP contribution >= 0.6 is 0 Å². The molecular formula is C8H13N5O2. The molecular weight excluding hydrogens is 198 g/mol. The standard InChI is InChI=1S/C8H13N5O2/c1-13-5-4-10-8(13)7(15)6(14)2-3-11-12-9/h4-7,14-15H,2-3H2,1H3. The maximum absolute atomic E-state index is 9.69. The molecule has 0 aromatic carbocycles. The average Bonchev–Trinajstić information content (AvgIpc) is 2.63. The van der Waals surface area contributed by atoms with E-state index in [1.54, 1.807) is 24.0 Å². The zero-order chi connectivity index (χ0) is 11.3. The number of azide groups is 1. The lowest BCUT2D eigenvalue weighted by molar-refractivity contribution is 0.00826. The van der Waals surface area contributed by atoms with Crippen LogP contribution in [0.1, 0.15) is 18.3 Å². The first-order valence-corrected chi connectivity index (χ1v) is 4.51. The highest BCUT2D eigenvalue weighted by Crippen LogP contribution is 2.16. The number of rotatable bonds is 5. The number of aromatic nitrogens is 2. The van der Waals surface area contributed by atoms with Gasteiger partial charge < -0.3 is 14.8 Å². The molecule has 0 radical (unpaired) electrons. The molecule has 1 aromatic rings. The van der Waals surface area contributed by atoms with Gasteiger partial charge in [-0.05, 0) is 12.0 Å². The topological polar surface area (TPSA) is 107 Å². The van der Waals surface area contributed by atoms with Crippen molar-refractivity contribution in [3.8, 4) is 0 Å². The first kappa shape index (κ1) is 11.5. The molecule has 0 bridgehead atoms. The molecule has 82 valence electrons. The number of hydrogen-bond donors (Lipinski definition) is 2.